The fourth-order valence-corrected chi connectivity index (χ4v) is 1.72. The van der Waals surface area contributed by atoms with Crippen LogP contribution in [0.2, 0.25) is 0 Å². The summed E-state index contributed by atoms with van der Waals surface area (Å²) in [5.41, 5.74) is 2.73. The van der Waals surface area contributed by atoms with E-state index in [0.29, 0.717) is 5.56 Å². The zero-order valence-electron chi connectivity index (χ0n) is 8.60. The quantitative estimate of drug-likeness (QED) is 0.795. The molecule has 0 aromatic heterocycles. The van der Waals surface area contributed by atoms with Crippen molar-refractivity contribution in [1.82, 2.24) is 4.90 Å². The predicted octanol–water partition coefficient (Wildman–Crippen LogP) is 1.71. The molecule has 15 heavy (non-hydrogen) atoms. The molecule has 0 radical (unpaired) electrons. The highest BCUT2D eigenvalue weighted by molar-refractivity contribution is 5.88. The lowest BCUT2D eigenvalue weighted by atomic mass is 10.1. The number of hydrogen-bond donors (Lipinski definition) is 1. The molecule has 1 aliphatic rings. The SMILES string of the molecule is CN1CC=C(c2ccc(C(=O)O)cc2)C1. The molecule has 0 saturated carbocycles. The summed E-state index contributed by atoms with van der Waals surface area (Å²) in [4.78, 5) is 12.9. The van der Waals surface area contributed by atoms with E-state index in [-0.39, 0.29) is 0 Å². The molecule has 0 aliphatic carbocycles. The number of nitrogens with zero attached hydrogens (tertiary/aromatic N) is 1. The Hall–Kier alpha value is -1.61. The number of aromatic carboxylic acids is 1. The summed E-state index contributed by atoms with van der Waals surface area (Å²) in [7, 11) is 2.06. The molecule has 0 bridgehead atoms. The number of carboxylic acid groups (broad SMARTS) is 1. The average molecular weight is 203 g/mol. The molecule has 3 nitrogen and oxygen atoms in total. The minimum Gasteiger partial charge on any atom is -0.478 e. The second kappa shape index (κ2) is 3.87. The van der Waals surface area contributed by atoms with Crippen LogP contribution in [0.25, 0.3) is 5.57 Å². The summed E-state index contributed by atoms with van der Waals surface area (Å²) < 4.78 is 0. The topological polar surface area (TPSA) is 40.5 Å². The second-order valence-corrected chi connectivity index (χ2v) is 3.81. The molecule has 2 rings (SSSR count). The van der Waals surface area contributed by atoms with Crippen molar-refractivity contribution in [2.75, 3.05) is 20.1 Å². The van der Waals surface area contributed by atoms with E-state index in [0.717, 1.165) is 18.7 Å². The predicted molar refractivity (Wildman–Crippen MR) is 58.9 cm³/mol. The van der Waals surface area contributed by atoms with Crippen LogP contribution >= 0.6 is 0 Å². The lowest BCUT2D eigenvalue weighted by molar-refractivity contribution is 0.0697. The van der Waals surface area contributed by atoms with Crippen LogP contribution in [-0.2, 0) is 0 Å². The third-order valence-electron chi connectivity index (χ3n) is 2.59. The van der Waals surface area contributed by atoms with Gasteiger partial charge in [-0.3, -0.25) is 4.90 Å². The standard InChI is InChI=1S/C12H13NO2/c1-13-7-6-11(8-13)9-2-4-10(5-3-9)12(14)15/h2-6H,7-8H2,1H3,(H,14,15). The zero-order chi connectivity index (χ0) is 10.8. The van der Waals surface area contributed by atoms with E-state index >= 15 is 0 Å². The molecular weight excluding hydrogens is 190 g/mol. The van der Waals surface area contributed by atoms with Gasteiger partial charge in [-0.15, -0.1) is 0 Å². The zero-order valence-corrected chi connectivity index (χ0v) is 8.60. The first-order valence-corrected chi connectivity index (χ1v) is 4.88. The van der Waals surface area contributed by atoms with Crippen molar-refractivity contribution in [1.29, 1.82) is 0 Å². The van der Waals surface area contributed by atoms with Gasteiger partial charge in [0.1, 0.15) is 0 Å². The number of hydrogen-bond acceptors (Lipinski definition) is 2. The lowest BCUT2D eigenvalue weighted by Crippen LogP contribution is -2.13. The van der Waals surface area contributed by atoms with Gasteiger partial charge in [0.2, 0.25) is 0 Å². The molecule has 3 heteroatoms. The Morgan fingerprint density at radius 1 is 1.33 bits per heavy atom. The Balaban J connectivity index is 2.21. The lowest BCUT2D eigenvalue weighted by Gasteiger charge is -2.07. The van der Waals surface area contributed by atoms with Crippen LogP contribution in [-0.4, -0.2) is 36.1 Å². The van der Waals surface area contributed by atoms with Crippen molar-refractivity contribution in [3.8, 4) is 0 Å². The molecule has 1 aromatic rings. The molecular formula is C12H13NO2. The highest BCUT2D eigenvalue weighted by atomic mass is 16.4. The maximum Gasteiger partial charge on any atom is 0.335 e. The summed E-state index contributed by atoms with van der Waals surface area (Å²) >= 11 is 0. The molecule has 0 atom stereocenters. The van der Waals surface area contributed by atoms with Crippen LogP contribution in [0.3, 0.4) is 0 Å². The summed E-state index contributed by atoms with van der Waals surface area (Å²) in [5, 5.41) is 8.76. The first-order valence-electron chi connectivity index (χ1n) is 4.88. The van der Waals surface area contributed by atoms with Gasteiger partial charge in [0.25, 0.3) is 0 Å². The van der Waals surface area contributed by atoms with Crippen LogP contribution in [0, 0.1) is 0 Å². The fraction of sp³-hybridized carbons (Fsp3) is 0.250. The van der Waals surface area contributed by atoms with E-state index in [1.807, 2.05) is 12.1 Å². The smallest absolute Gasteiger partial charge is 0.335 e. The first kappa shape index (κ1) is 9.93. The van der Waals surface area contributed by atoms with Crippen molar-refractivity contribution >= 4 is 11.5 Å². The molecule has 1 aromatic carbocycles. The Bertz CT molecular complexity index is 406. The van der Waals surface area contributed by atoms with Gasteiger partial charge >= 0.3 is 5.97 Å². The van der Waals surface area contributed by atoms with Gasteiger partial charge in [0.05, 0.1) is 5.56 Å². The van der Waals surface area contributed by atoms with Crippen LogP contribution < -0.4 is 0 Å². The minimum absolute atomic E-state index is 0.339. The van der Waals surface area contributed by atoms with Crippen molar-refractivity contribution in [3.63, 3.8) is 0 Å². The van der Waals surface area contributed by atoms with E-state index in [1.54, 1.807) is 12.1 Å². The van der Waals surface area contributed by atoms with Gasteiger partial charge in [-0.05, 0) is 30.3 Å². The first-order chi connectivity index (χ1) is 7.16. The van der Waals surface area contributed by atoms with Crippen LogP contribution in [0.15, 0.2) is 30.3 Å². The van der Waals surface area contributed by atoms with Crippen molar-refractivity contribution in [2.24, 2.45) is 0 Å². The van der Waals surface area contributed by atoms with Crippen molar-refractivity contribution in [2.45, 2.75) is 0 Å². The summed E-state index contributed by atoms with van der Waals surface area (Å²) in [6.45, 7) is 1.91. The molecule has 0 saturated heterocycles. The summed E-state index contributed by atoms with van der Waals surface area (Å²) in [6, 6.07) is 7.04. The Morgan fingerprint density at radius 2 is 2.00 bits per heavy atom. The monoisotopic (exact) mass is 203 g/mol. The van der Waals surface area contributed by atoms with E-state index < -0.39 is 5.97 Å². The Kier molecular flexibility index (Phi) is 2.56. The third-order valence-corrected chi connectivity index (χ3v) is 2.59. The van der Waals surface area contributed by atoms with Gasteiger partial charge in [-0.25, -0.2) is 4.79 Å². The number of carboxylic acids is 1. The van der Waals surface area contributed by atoms with Crippen LogP contribution in [0.1, 0.15) is 15.9 Å². The maximum atomic E-state index is 10.7. The third kappa shape index (κ3) is 2.07. The van der Waals surface area contributed by atoms with Gasteiger partial charge in [-0.2, -0.15) is 0 Å². The van der Waals surface area contributed by atoms with Gasteiger partial charge in [-0.1, -0.05) is 18.2 Å². The Morgan fingerprint density at radius 3 is 2.47 bits per heavy atom. The highest BCUT2D eigenvalue weighted by Crippen LogP contribution is 2.20. The molecule has 0 fully saturated rings. The van der Waals surface area contributed by atoms with Crippen molar-refractivity contribution in [3.05, 3.63) is 41.5 Å². The highest BCUT2D eigenvalue weighted by Gasteiger charge is 2.11. The van der Waals surface area contributed by atoms with E-state index in [1.165, 1.54) is 5.57 Å². The van der Waals surface area contributed by atoms with Crippen molar-refractivity contribution < 1.29 is 9.90 Å². The summed E-state index contributed by atoms with van der Waals surface area (Å²) in [5.74, 6) is -0.876. The molecule has 0 amide bonds. The average Bonchev–Trinajstić information content (AvgIpc) is 2.65. The molecule has 1 heterocycles. The van der Waals surface area contributed by atoms with Gasteiger partial charge < -0.3 is 5.11 Å². The second-order valence-electron chi connectivity index (χ2n) is 3.81. The summed E-state index contributed by atoms with van der Waals surface area (Å²) in [6.07, 6.45) is 2.18. The van der Waals surface area contributed by atoms with Gasteiger partial charge in [0.15, 0.2) is 0 Å². The number of rotatable bonds is 2. The largest absolute Gasteiger partial charge is 0.478 e. The van der Waals surface area contributed by atoms with Crippen LogP contribution in [0.5, 0.6) is 0 Å². The molecule has 0 unspecified atom stereocenters. The maximum absolute atomic E-state index is 10.7. The minimum atomic E-state index is -0.876. The van der Waals surface area contributed by atoms with Gasteiger partial charge in [0, 0.05) is 13.1 Å². The number of likely N-dealkylation sites (N-methyl/N-ethyl adjacent to an activating group) is 1. The number of carbonyl (C=O) groups is 1. The molecule has 1 aliphatic heterocycles. The normalized spacial score (nSPS) is 16.5. The molecule has 78 valence electrons. The van der Waals surface area contributed by atoms with E-state index in [2.05, 4.69) is 18.0 Å². The van der Waals surface area contributed by atoms with E-state index in [9.17, 15) is 4.79 Å². The van der Waals surface area contributed by atoms with E-state index in [4.69, 9.17) is 5.11 Å². The fourth-order valence-electron chi connectivity index (χ4n) is 1.72. The Labute approximate surface area is 88.6 Å². The molecule has 1 N–H and O–H groups in total. The van der Waals surface area contributed by atoms with Crippen LogP contribution in [0.4, 0.5) is 0 Å². The number of benzene rings is 1. The molecule has 0 spiro atoms.